The minimum atomic E-state index is 0.429. The smallest absolute Gasteiger partial charge is 0.0540 e. The fourth-order valence-electron chi connectivity index (χ4n) is 8.03. The van der Waals surface area contributed by atoms with Crippen LogP contribution in [-0.2, 0) is 0 Å². The molecule has 46 heavy (non-hydrogen) atoms. The summed E-state index contributed by atoms with van der Waals surface area (Å²) in [4.78, 5) is 2.43. The third-order valence-electron chi connectivity index (χ3n) is 10.1. The van der Waals surface area contributed by atoms with Crippen LogP contribution in [0.2, 0.25) is 0 Å². The van der Waals surface area contributed by atoms with E-state index in [1.807, 2.05) is 13.8 Å². The van der Waals surface area contributed by atoms with E-state index in [1.54, 1.807) is 0 Å². The van der Waals surface area contributed by atoms with E-state index < -0.39 is 0 Å². The molecule has 0 saturated carbocycles. The number of allylic oxidation sites excluding steroid dienone is 4. The summed E-state index contributed by atoms with van der Waals surface area (Å²) in [6.45, 7) is 6.44. The van der Waals surface area contributed by atoms with E-state index in [9.17, 15) is 0 Å². The zero-order valence-electron chi connectivity index (χ0n) is 26.9. The molecule has 9 rings (SSSR count). The lowest BCUT2D eigenvalue weighted by atomic mass is 9.85. The van der Waals surface area contributed by atoms with Crippen molar-refractivity contribution in [3.05, 3.63) is 149 Å². The van der Waals surface area contributed by atoms with Crippen LogP contribution in [0.1, 0.15) is 57.1 Å². The van der Waals surface area contributed by atoms with Crippen molar-refractivity contribution in [2.45, 2.75) is 46.0 Å². The Bertz CT molecular complexity index is 2280. The molecule has 2 atom stereocenters. The molecule has 1 aromatic heterocycles. The lowest BCUT2D eigenvalue weighted by Crippen LogP contribution is -2.31. The molecular weight excluding hydrogens is 556 g/mol. The zero-order valence-corrected chi connectivity index (χ0v) is 26.9. The number of benzene rings is 5. The quantitative estimate of drug-likeness (QED) is 0.197. The van der Waals surface area contributed by atoms with Crippen molar-refractivity contribution in [3.63, 3.8) is 0 Å². The van der Waals surface area contributed by atoms with Crippen molar-refractivity contribution in [2.24, 2.45) is 5.92 Å². The van der Waals surface area contributed by atoms with Crippen molar-refractivity contribution < 1.29 is 0 Å². The highest BCUT2D eigenvalue weighted by atomic mass is 15.1. The van der Waals surface area contributed by atoms with E-state index in [0.717, 1.165) is 19.3 Å². The number of hydrogen-bond donors (Lipinski definition) is 0. The Labute approximate surface area is 271 Å². The summed E-state index contributed by atoms with van der Waals surface area (Å²) in [5.41, 5.74) is 10.7. The Hall–Kier alpha value is -5.08. The lowest BCUT2D eigenvalue weighted by molar-refractivity contribution is 0.584. The molecule has 5 aromatic carbocycles. The van der Waals surface area contributed by atoms with Gasteiger partial charge in [-0.25, -0.2) is 0 Å². The second-order valence-corrected chi connectivity index (χ2v) is 12.5. The molecule has 226 valence electrons. The summed E-state index contributed by atoms with van der Waals surface area (Å²) in [6.07, 6.45) is 13.0. The van der Waals surface area contributed by atoms with Crippen molar-refractivity contribution in [1.82, 2.24) is 4.57 Å². The molecule has 0 spiro atoms. The van der Waals surface area contributed by atoms with Crippen LogP contribution in [-0.4, -0.2) is 4.57 Å². The number of rotatable bonds is 4. The van der Waals surface area contributed by atoms with Gasteiger partial charge in [0.15, 0.2) is 0 Å². The van der Waals surface area contributed by atoms with Crippen LogP contribution in [0.4, 0.5) is 17.1 Å². The van der Waals surface area contributed by atoms with Crippen LogP contribution in [0.15, 0.2) is 127 Å². The number of hydrogen-bond acceptors (Lipinski definition) is 1. The predicted molar refractivity (Wildman–Crippen MR) is 198 cm³/mol. The van der Waals surface area contributed by atoms with Crippen LogP contribution < -0.4 is 15.5 Å². The van der Waals surface area contributed by atoms with Gasteiger partial charge < -0.3 is 9.47 Å². The Morgan fingerprint density at radius 3 is 2.28 bits per heavy atom. The maximum absolute atomic E-state index is 2.55. The molecule has 0 aliphatic heterocycles. The second-order valence-electron chi connectivity index (χ2n) is 12.5. The maximum Gasteiger partial charge on any atom is 0.0540 e. The van der Waals surface area contributed by atoms with Gasteiger partial charge in [0.05, 0.1) is 11.2 Å². The van der Waals surface area contributed by atoms with E-state index in [-0.39, 0.29) is 0 Å². The van der Waals surface area contributed by atoms with E-state index >= 15 is 0 Å². The van der Waals surface area contributed by atoms with Crippen LogP contribution in [0.5, 0.6) is 0 Å². The van der Waals surface area contributed by atoms with Gasteiger partial charge in [0.1, 0.15) is 0 Å². The lowest BCUT2D eigenvalue weighted by Gasteiger charge is -2.27. The Balaban J connectivity index is 0.00000153. The number of anilines is 3. The summed E-state index contributed by atoms with van der Waals surface area (Å²) in [6, 6.07) is 42.2. The van der Waals surface area contributed by atoms with Crippen molar-refractivity contribution in [1.29, 1.82) is 0 Å². The highest BCUT2D eigenvalue weighted by Crippen LogP contribution is 2.52. The average molecular weight is 597 g/mol. The van der Waals surface area contributed by atoms with Crippen molar-refractivity contribution >= 4 is 62.2 Å². The third kappa shape index (κ3) is 4.47. The van der Waals surface area contributed by atoms with E-state index in [2.05, 4.69) is 156 Å². The summed E-state index contributed by atoms with van der Waals surface area (Å²) in [7, 11) is 0. The van der Waals surface area contributed by atoms with Gasteiger partial charge in [-0.05, 0) is 95.7 Å². The molecule has 0 N–H and O–H groups in total. The van der Waals surface area contributed by atoms with Crippen molar-refractivity contribution in [2.75, 3.05) is 4.90 Å². The van der Waals surface area contributed by atoms with Crippen LogP contribution in [0.25, 0.3) is 45.1 Å². The molecule has 0 fully saturated rings. The van der Waals surface area contributed by atoms with E-state index in [0.29, 0.717) is 11.8 Å². The molecule has 0 amide bonds. The number of fused-ring (bicyclic) bond motifs is 7. The molecule has 0 radical (unpaired) electrons. The Kier molecular flexibility index (Phi) is 7.22. The topological polar surface area (TPSA) is 8.17 Å². The van der Waals surface area contributed by atoms with Gasteiger partial charge in [0, 0.05) is 38.4 Å². The van der Waals surface area contributed by atoms with E-state index in [4.69, 9.17) is 0 Å². The van der Waals surface area contributed by atoms with Crippen LogP contribution in [0.3, 0.4) is 0 Å². The van der Waals surface area contributed by atoms with Crippen LogP contribution >= 0.6 is 0 Å². The Morgan fingerprint density at radius 2 is 1.41 bits per heavy atom. The van der Waals surface area contributed by atoms with Crippen LogP contribution in [0, 0.1) is 5.92 Å². The normalized spacial score (nSPS) is 17.8. The highest BCUT2D eigenvalue weighted by molar-refractivity contribution is 5.99. The molecule has 2 nitrogen and oxygen atoms in total. The first-order valence-corrected chi connectivity index (χ1v) is 16.9. The minimum absolute atomic E-state index is 0.429. The first kappa shape index (κ1) is 28.4. The zero-order chi connectivity index (χ0) is 31.2. The number of para-hydroxylation sites is 2. The SMILES string of the molecule is CC.CC1c2cc(N(c3ccccc3)c3cccc4ccccc34)ccc2C2=CC=C(n3c4c(c5ccccc53)=CCCC=4)CC21. The van der Waals surface area contributed by atoms with E-state index in [1.165, 1.54) is 71.7 Å². The molecule has 0 bridgehead atoms. The predicted octanol–water partition coefficient (Wildman–Crippen LogP) is 10.7. The molecule has 3 aliphatic rings. The molecule has 2 unspecified atom stereocenters. The molecule has 2 heteroatoms. The molecule has 1 heterocycles. The van der Waals surface area contributed by atoms with Gasteiger partial charge in [0.25, 0.3) is 0 Å². The van der Waals surface area contributed by atoms with Gasteiger partial charge in [-0.2, -0.15) is 0 Å². The first-order valence-electron chi connectivity index (χ1n) is 16.9. The average Bonchev–Trinajstić information content (AvgIpc) is 3.61. The summed E-state index contributed by atoms with van der Waals surface area (Å²) in [5, 5.41) is 6.67. The Morgan fingerprint density at radius 1 is 0.674 bits per heavy atom. The largest absolute Gasteiger partial charge is 0.313 e. The fraction of sp³-hybridized carbons (Fsp3) is 0.182. The van der Waals surface area contributed by atoms with Gasteiger partial charge in [0.2, 0.25) is 0 Å². The summed E-state index contributed by atoms with van der Waals surface area (Å²) < 4.78 is 2.55. The molecule has 6 aromatic rings. The first-order chi connectivity index (χ1) is 22.8. The standard InChI is InChI=1S/C42H34N2.C2H6/c1-28-38-26-31(43(30-14-3-2-4-15-30)40-21-11-13-29-12-5-6-16-33(29)40)22-24-34(38)35-25-23-32(27-39(28)35)44-41-19-9-7-17-36(41)37-18-8-10-20-42(37)44;1-2/h2-7,9,11-26,28,39H,8,10,27H2,1H3;1-2H3. The molecule has 0 saturated heterocycles. The third-order valence-corrected chi connectivity index (χ3v) is 10.1. The maximum atomic E-state index is 2.55. The summed E-state index contributed by atoms with van der Waals surface area (Å²) >= 11 is 0. The monoisotopic (exact) mass is 596 g/mol. The highest BCUT2D eigenvalue weighted by Gasteiger charge is 2.36. The molecular formula is C44H40N2. The molecule has 3 aliphatic carbocycles. The minimum Gasteiger partial charge on any atom is -0.313 e. The number of aromatic nitrogens is 1. The summed E-state index contributed by atoms with van der Waals surface area (Å²) in [5.74, 6) is 0.894. The number of nitrogens with zero attached hydrogens (tertiary/aromatic N) is 2. The van der Waals surface area contributed by atoms with Gasteiger partial charge in [-0.1, -0.05) is 118 Å². The fourth-order valence-corrected chi connectivity index (χ4v) is 8.03. The van der Waals surface area contributed by atoms with Gasteiger partial charge in [-0.3, -0.25) is 0 Å². The van der Waals surface area contributed by atoms with Crippen molar-refractivity contribution in [3.8, 4) is 0 Å². The van der Waals surface area contributed by atoms with Gasteiger partial charge in [-0.15, -0.1) is 0 Å². The van der Waals surface area contributed by atoms with Gasteiger partial charge >= 0.3 is 0 Å². The second kappa shape index (κ2) is 11.7.